The van der Waals surface area contributed by atoms with Gasteiger partial charge >= 0.3 is 0 Å². The fraction of sp³-hybridized carbons (Fsp3) is 0.278. The minimum absolute atomic E-state index is 0.137. The summed E-state index contributed by atoms with van der Waals surface area (Å²) in [5, 5.41) is 18.2. The quantitative estimate of drug-likeness (QED) is 0.631. The first kappa shape index (κ1) is 17.3. The molecule has 6 nitrogen and oxygen atoms in total. The molecule has 0 aliphatic carbocycles. The average molecular weight is 356 g/mol. The number of azo groups is 1. The fourth-order valence-corrected chi connectivity index (χ4v) is 3.30. The van der Waals surface area contributed by atoms with E-state index in [2.05, 4.69) is 27.0 Å². The molecule has 3 aromatic rings. The van der Waals surface area contributed by atoms with E-state index in [1.807, 2.05) is 42.5 Å². The summed E-state index contributed by atoms with van der Waals surface area (Å²) < 4.78 is 6.24. The first-order valence-electron chi connectivity index (χ1n) is 8.05. The summed E-state index contributed by atoms with van der Waals surface area (Å²) >= 11 is 1.48. The Bertz CT molecular complexity index is 861. The second kappa shape index (κ2) is 8.04. The maximum atomic E-state index is 9.10. The van der Waals surface area contributed by atoms with Gasteiger partial charge in [0.15, 0.2) is 0 Å². The van der Waals surface area contributed by atoms with E-state index in [1.165, 1.54) is 11.3 Å². The van der Waals surface area contributed by atoms with E-state index in [0.717, 1.165) is 33.9 Å². The minimum atomic E-state index is 0.137. The number of benzene rings is 2. The molecule has 1 heterocycles. The smallest absolute Gasteiger partial charge is 0.231 e. The van der Waals surface area contributed by atoms with Gasteiger partial charge in [0.05, 0.1) is 29.6 Å². The van der Waals surface area contributed by atoms with Crippen LogP contribution in [0.4, 0.5) is 16.5 Å². The van der Waals surface area contributed by atoms with Gasteiger partial charge in [0.25, 0.3) is 0 Å². The van der Waals surface area contributed by atoms with Gasteiger partial charge in [-0.25, -0.2) is 4.98 Å². The summed E-state index contributed by atoms with van der Waals surface area (Å²) in [6.07, 6.45) is 0. The van der Waals surface area contributed by atoms with Crippen molar-refractivity contribution < 1.29 is 9.84 Å². The molecule has 0 amide bonds. The predicted octanol–water partition coefficient (Wildman–Crippen LogP) is 4.54. The third-order valence-electron chi connectivity index (χ3n) is 3.80. The fourth-order valence-electron chi connectivity index (χ4n) is 2.48. The lowest BCUT2D eigenvalue weighted by atomic mass is 10.2. The van der Waals surface area contributed by atoms with E-state index in [1.54, 1.807) is 7.11 Å². The number of likely N-dealkylation sites (N-methyl/N-ethyl adjacent to an activating group) is 1. The number of aliphatic hydroxyl groups excluding tert-OH is 1. The number of fused-ring (bicyclic) bond motifs is 1. The largest absolute Gasteiger partial charge is 0.497 e. The summed E-state index contributed by atoms with van der Waals surface area (Å²) in [7, 11) is 1.65. The summed E-state index contributed by atoms with van der Waals surface area (Å²) in [6.45, 7) is 3.66. The third kappa shape index (κ3) is 4.12. The third-order valence-corrected chi connectivity index (χ3v) is 4.70. The number of nitrogens with zero attached hydrogens (tertiary/aromatic N) is 4. The molecular weight excluding hydrogens is 336 g/mol. The molecule has 0 radical (unpaired) electrons. The first-order chi connectivity index (χ1) is 12.2. The van der Waals surface area contributed by atoms with Crippen LogP contribution < -0.4 is 9.64 Å². The molecule has 2 aromatic carbocycles. The normalized spacial score (nSPS) is 11.3. The Morgan fingerprint density at radius 2 is 1.96 bits per heavy atom. The Morgan fingerprint density at radius 3 is 2.64 bits per heavy atom. The van der Waals surface area contributed by atoms with Crippen LogP contribution in [-0.2, 0) is 0 Å². The van der Waals surface area contributed by atoms with Gasteiger partial charge in [-0.1, -0.05) is 11.3 Å². The Labute approximate surface area is 150 Å². The highest BCUT2D eigenvalue weighted by atomic mass is 32.1. The van der Waals surface area contributed by atoms with Crippen molar-refractivity contribution in [3.05, 3.63) is 42.5 Å². The SMILES string of the molecule is CCN(CCO)c1ccc(/N=N/c2nc3ccc(OC)cc3s2)cc1. The van der Waals surface area contributed by atoms with Crippen molar-refractivity contribution in [1.29, 1.82) is 0 Å². The molecule has 0 aliphatic heterocycles. The zero-order valence-corrected chi connectivity index (χ0v) is 15.0. The number of aromatic nitrogens is 1. The van der Waals surface area contributed by atoms with Crippen molar-refractivity contribution in [1.82, 2.24) is 4.98 Å². The first-order valence-corrected chi connectivity index (χ1v) is 8.87. The number of rotatable bonds is 7. The molecule has 0 unspecified atom stereocenters. The summed E-state index contributed by atoms with van der Waals surface area (Å²) in [5.41, 5.74) is 2.71. The van der Waals surface area contributed by atoms with Gasteiger partial charge in [0, 0.05) is 18.8 Å². The molecule has 0 saturated heterocycles. The zero-order chi connectivity index (χ0) is 17.6. The molecule has 1 aromatic heterocycles. The average Bonchev–Trinajstić information content (AvgIpc) is 3.07. The lowest BCUT2D eigenvalue weighted by Crippen LogP contribution is -2.25. The summed E-state index contributed by atoms with van der Waals surface area (Å²) in [6, 6.07) is 13.5. The van der Waals surface area contributed by atoms with Crippen molar-refractivity contribution in [3.8, 4) is 5.75 Å². The number of ether oxygens (including phenoxy) is 1. The Kier molecular flexibility index (Phi) is 5.57. The maximum absolute atomic E-state index is 9.10. The van der Waals surface area contributed by atoms with Gasteiger partial charge in [0.1, 0.15) is 5.75 Å². The lowest BCUT2D eigenvalue weighted by Gasteiger charge is -2.21. The number of aliphatic hydroxyl groups is 1. The van der Waals surface area contributed by atoms with Crippen LogP contribution in [-0.4, -0.2) is 36.9 Å². The molecule has 25 heavy (non-hydrogen) atoms. The lowest BCUT2D eigenvalue weighted by molar-refractivity contribution is 0.302. The zero-order valence-electron chi connectivity index (χ0n) is 14.2. The van der Waals surface area contributed by atoms with Crippen LogP contribution in [0.1, 0.15) is 6.92 Å². The summed E-state index contributed by atoms with van der Waals surface area (Å²) in [4.78, 5) is 6.55. The van der Waals surface area contributed by atoms with E-state index >= 15 is 0 Å². The second-order valence-corrected chi connectivity index (χ2v) is 6.36. The highest BCUT2D eigenvalue weighted by molar-refractivity contribution is 7.21. The number of hydrogen-bond donors (Lipinski definition) is 1. The Morgan fingerprint density at radius 1 is 1.16 bits per heavy atom. The topological polar surface area (TPSA) is 70.3 Å². The maximum Gasteiger partial charge on any atom is 0.231 e. The molecule has 0 fully saturated rings. The molecule has 0 spiro atoms. The van der Waals surface area contributed by atoms with E-state index < -0.39 is 0 Å². The van der Waals surface area contributed by atoms with Crippen molar-refractivity contribution in [2.24, 2.45) is 10.2 Å². The van der Waals surface area contributed by atoms with E-state index in [4.69, 9.17) is 9.84 Å². The van der Waals surface area contributed by atoms with Gasteiger partial charge in [-0.05, 0) is 49.4 Å². The van der Waals surface area contributed by atoms with Gasteiger partial charge in [-0.2, -0.15) is 0 Å². The van der Waals surface area contributed by atoms with E-state index in [0.29, 0.717) is 11.7 Å². The molecule has 3 rings (SSSR count). The number of thiazole rings is 1. The van der Waals surface area contributed by atoms with Crippen LogP contribution in [0, 0.1) is 0 Å². The van der Waals surface area contributed by atoms with Crippen molar-refractivity contribution in [2.45, 2.75) is 6.92 Å². The van der Waals surface area contributed by atoms with Gasteiger partial charge in [0.2, 0.25) is 5.13 Å². The van der Waals surface area contributed by atoms with Crippen LogP contribution in [0.5, 0.6) is 5.75 Å². The highest BCUT2D eigenvalue weighted by Gasteiger charge is 2.05. The van der Waals surface area contributed by atoms with Gasteiger partial charge in [-0.15, -0.1) is 10.2 Å². The predicted molar refractivity (Wildman–Crippen MR) is 102 cm³/mol. The number of hydrogen-bond acceptors (Lipinski definition) is 7. The van der Waals surface area contributed by atoms with Crippen molar-refractivity contribution in [3.63, 3.8) is 0 Å². The molecule has 7 heteroatoms. The molecule has 0 bridgehead atoms. The van der Waals surface area contributed by atoms with Crippen molar-refractivity contribution >= 4 is 38.1 Å². The number of methoxy groups -OCH3 is 1. The second-order valence-electron chi connectivity index (χ2n) is 5.35. The molecular formula is C18H20N4O2S. The van der Waals surface area contributed by atoms with Crippen LogP contribution in [0.25, 0.3) is 10.2 Å². The summed E-state index contributed by atoms with van der Waals surface area (Å²) in [5.74, 6) is 0.804. The van der Waals surface area contributed by atoms with Gasteiger partial charge in [-0.3, -0.25) is 0 Å². The Balaban J connectivity index is 1.75. The van der Waals surface area contributed by atoms with Crippen molar-refractivity contribution in [2.75, 3.05) is 31.7 Å². The number of anilines is 1. The van der Waals surface area contributed by atoms with Crippen LogP contribution >= 0.6 is 11.3 Å². The molecule has 1 N–H and O–H groups in total. The molecule has 0 atom stereocenters. The van der Waals surface area contributed by atoms with Crippen LogP contribution in [0.15, 0.2) is 52.7 Å². The standard InChI is InChI=1S/C18H20N4O2S/c1-3-22(10-11-23)14-6-4-13(5-7-14)20-21-18-19-16-9-8-15(24-2)12-17(16)25-18/h4-9,12,23H,3,10-11H2,1-2H3/b21-20+. The molecule has 0 aliphatic rings. The molecule has 130 valence electrons. The van der Waals surface area contributed by atoms with Gasteiger partial charge < -0.3 is 14.7 Å². The van der Waals surface area contributed by atoms with Crippen LogP contribution in [0.2, 0.25) is 0 Å². The monoisotopic (exact) mass is 356 g/mol. The van der Waals surface area contributed by atoms with E-state index in [9.17, 15) is 0 Å². The Hall–Kier alpha value is -2.51. The minimum Gasteiger partial charge on any atom is -0.497 e. The highest BCUT2D eigenvalue weighted by Crippen LogP contribution is 2.32. The molecule has 0 saturated carbocycles. The van der Waals surface area contributed by atoms with E-state index in [-0.39, 0.29) is 6.61 Å². The van der Waals surface area contributed by atoms with Crippen LogP contribution in [0.3, 0.4) is 0 Å².